The van der Waals surface area contributed by atoms with Gasteiger partial charge in [-0.05, 0) is 24.3 Å². The van der Waals surface area contributed by atoms with E-state index in [1.54, 1.807) is 36.4 Å². The Balaban J connectivity index is 1.96. The third-order valence-electron chi connectivity index (χ3n) is 2.96. The van der Waals surface area contributed by atoms with Crippen molar-refractivity contribution in [2.45, 2.75) is 6.42 Å². The van der Waals surface area contributed by atoms with Gasteiger partial charge < -0.3 is 9.47 Å². The van der Waals surface area contributed by atoms with Crippen molar-refractivity contribution in [3.63, 3.8) is 0 Å². The molecule has 21 heavy (non-hydrogen) atoms. The Kier molecular flexibility index (Phi) is 5.10. The lowest BCUT2D eigenvalue weighted by Crippen LogP contribution is -2.07. The normalized spacial score (nSPS) is 9.95. The average molecular weight is 284 g/mol. The summed E-state index contributed by atoms with van der Waals surface area (Å²) in [5.74, 6) is 0.270. The predicted molar refractivity (Wildman–Crippen MR) is 78.4 cm³/mol. The van der Waals surface area contributed by atoms with Gasteiger partial charge >= 0.3 is 5.97 Å². The van der Waals surface area contributed by atoms with Crippen molar-refractivity contribution in [3.8, 4) is 5.75 Å². The number of hydrogen-bond donors (Lipinski definition) is 0. The minimum Gasteiger partial charge on any atom is -0.493 e. The van der Waals surface area contributed by atoms with E-state index in [1.165, 1.54) is 7.11 Å². The molecule has 0 unspecified atom stereocenters. The fourth-order valence-electron chi connectivity index (χ4n) is 1.81. The van der Waals surface area contributed by atoms with Crippen molar-refractivity contribution in [1.82, 2.24) is 0 Å². The number of esters is 1. The minimum absolute atomic E-state index is 0.0308. The molecule has 0 spiro atoms. The highest BCUT2D eigenvalue weighted by atomic mass is 16.5. The summed E-state index contributed by atoms with van der Waals surface area (Å²) in [4.78, 5) is 23.2. The van der Waals surface area contributed by atoms with Crippen molar-refractivity contribution in [1.29, 1.82) is 0 Å². The molecule has 0 saturated carbocycles. The zero-order valence-electron chi connectivity index (χ0n) is 11.7. The van der Waals surface area contributed by atoms with Crippen LogP contribution in [0.5, 0.6) is 5.75 Å². The second-order valence-corrected chi connectivity index (χ2v) is 4.39. The van der Waals surface area contributed by atoms with Crippen LogP contribution in [0.4, 0.5) is 0 Å². The van der Waals surface area contributed by atoms with Gasteiger partial charge in [0.1, 0.15) is 5.75 Å². The summed E-state index contributed by atoms with van der Waals surface area (Å²) in [7, 11) is 1.34. The van der Waals surface area contributed by atoms with Crippen molar-refractivity contribution < 1.29 is 19.1 Å². The topological polar surface area (TPSA) is 52.6 Å². The second kappa shape index (κ2) is 7.24. The maximum atomic E-state index is 12.2. The van der Waals surface area contributed by atoms with E-state index in [0.717, 1.165) is 0 Å². The highest BCUT2D eigenvalue weighted by molar-refractivity contribution is 6.08. The van der Waals surface area contributed by atoms with Crippen LogP contribution in [0, 0.1) is 0 Å². The van der Waals surface area contributed by atoms with Gasteiger partial charge in [0.05, 0.1) is 20.1 Å². The first-order valence-corrected chi connectivity index (χ1v) is 6.60. The van der Waals surface area contributed by atoms with E-state index in [4.69, 9.17) is 4.74 Å². The number of carbonyl (C=O) groups is 2. The smallest absolute Gasteiger partial charge is 0.308 e. The van der Waals surface area contributed by atoms with E-state index in [2.05, 4.69) is 4.74 Å². The molecule has 4 heteroatoms. The molecule has 0 N–H and O–H groups in total. The Morgan fingerprint density at radius 3 is 2.14 bits per heavy atom. The summed E-state index contributed by atoms with van der Waals surface area (Å²) in [6.07, 6.45) is 0.196. The Morgan fingerprint density at radius 2 is 1.52 bits per heavy atom. The molecule has 2 aromatic rings. The molecule has 0 aromatic heterocycles. The van der Waals surface area contributed by atoms with Gasteiger partial charge in [-0.2, -0.15) is 0 Å². The van der Waals surface area contributed by atoms with Gasteiger partial charge in [-0.1, -0.05) is 30.3 Å². The van der Waals surface area contributed by atoms with Crippen LogP contribution in [-0.2, 0) is 9.53 Å². The summed E-state index contributed by atoms with van der Waals surface area (Å²) < 4.78 is 9.93. The van der Waals surface area contributed by atoms with Gasteiger partial charge in [-0.15, -0.1) is 0 Å². The lowest BCUT2D eigenvalue weighted by molar-refractivity contribution is -0.141. The molecule has 0 aliphatic carbocycles. The summed E-state index contributed by atoms with van der Waals surface area (Å²) >= 11 is 0. The van der Waals surface area contributed by atoms with Gasteiger partial charge in [0.2, 0.25) is 0 Å². The highest BCUT2D eigenvalue weighted by Crippen LogP contribution is 2.15. The zero-order valence-corrected chi connectivity index (χ0v) is 11.7. The molecule has 0 bridgehead atoms. The summed E-state index contributed by atoms with van der Waals surface area (Å²) in [5, 5.41) is 0. The third kappa shape index (κ3) is 4.18. The number of ketones is 1. The number of benzene rings is 2. The minimum atomic E-state index is -0.314. The van der Waals surface area contributed by atoms with Crippen LogP contribution in [0.1, 0.15) is 22.3 Å². The maximum absolute atomic E-state index is 12.2. The number of carbonyl (C=O) groups excluding carboxylic acids is 2. The SMILES string of the molecule is COC(=O)CCOc1ccc(C(=O)c2ccccc2)cc1. The summed E-state index contributed by atoms with van der Waals surface area (Å²) in [5.41, 5.74) is 1.25. The van der Waals surface area contributed by atoms with Crippen LogP contribution in [0.3, 0.4) is 0 Å². The largest absolute Gasteiger partial charge is 0.493 e. The maximum Gasteiger partial charge on any atom is 0.308 e. The molecule has 0 saturated heterocycles. The number of methoxy groups -OCH3 is 1. The lowest BCUT2D eigenvalue weighted by atomic mass is 10.0. The molecule has 108 valence electrons. The molecule has 0 heterocycles. The van der Waals surface area contributed by atoms with Crippen molar-refractivity contribution in [2.75, 3.05) is 13.7 Å². The van der Waals surface area contributed by atoms with Crippen molar-refractivity contribution in [2.24, 2.45) is 0 Å². The van der Waals surface area contributed by atoms with E-state index in [0.29, 0.717) is 16.9 Å². The number of rotatable bonds is 6. The van der Waals surface area contributed by atoms with Crippen LogP contribution in [-0.4, -0.2) is 25.5 Å². The standard InChI is InChI=1S/C17H16O4/c1-20-16(18)11-12-21-15-9-7-14(8-10-15)17(19)13-5-3-2-4-6-13/h2-10H,11-12H2,1H3. The Hall–Kier alpha value is -2.62. The molecule has 2 aromatic carbocycles. The fourth-order valence-corrected chi connectivity index (χ4v) is 1.81. The van der Waals surface area contributed by atoms with Gasteiger partial charge in [-0.3, -0.25) is 9.59 Å². The monoisotopic (exact) mass is 284 g/mol. The van der Waals surface area contributed by atoms with Crippen molar-refractivity contribution >= 4 is 11.8 Å². The molecule has 2 rings (SSSR count). The molecule has 0 radical (unpaired) electrons. The van der Waals surface area contributed by atoms with E-state index in [9.17, 15) is 9.59 Å². The first kappa shape index (κ1) is 14.8. The van der Waals surface area contributed by atoms with Crippen molar-refractivity contribution in [3.05, 3.63) is 65.7 Å². The fraction of sp³-hybridized carbons (Fsp3) is 0.176. The predicted octanol–water partition coefficient (Wildman–Crippen LogP) is 2.86. The van der Waals surface area contributed by atoms with Crippen LogP contribution < -0.4 is 4.74 Å². The van der Waals surface area contributed by atoms with E-state index in [-0.39, 0.29) is 24.8 Å². The van der Waals surface area contributed by atoms with Gasteiger partial charge in [0, 0.05) is 11.1 Å². The number of hydrogen-bond acceptors (Lipinski definition) is 4. The number of ether oxygens (including phenoxy) is 2. The summed E-state index contributed by atoms with van der Waals surface area (Å²) in [6, 6.07) is 15.9. The highest BCUT2D eigenvalue weighted by Gasteiger charge is 2.08. The first-order valence-electron chi connectivity index (χ1n) is 6.60. The van der Waals surface area contributed by atoms with Crippen LogP contribution >= 0.6 is 0 Å². The molecule has 0 atom stereocenters. The first-order chi connectivity index (χ1) is 10.2. The molecule has 0 amide bonds. The van der Waals surface area contributed by atoms with Gasteiger partial charge in [0.15, 0.2) is 5.78 Å². The third-order valence-corrected chi connectivity index (χ3v) is 2.96. The second-order valence-electron chi connectivity index (χ2n) is 4.39. The van der Waals surface area contributed by atoms with E-state index in [1.807, 2.05) is 18.2 Å². The quantitative estimate of drug-likeness (QED) is 0.604. The molecule has 4 nitrogen and oxygen atoms in total. The average Bonchev–Trinajstić information content (AvgIpc) is 2.55. The zero-order chi connectivity index (χ0) is 15.1. The van der Waals surface area contributed by atoms with E-state index < -0.39 is 0 Å². The Morgan fingerprint density at radius 1 is 0.905 bits per heavy atom. The molecule has 0 aliphatic rings. The molecular formula is C17H16O4. The molecular weight excluding hydrogens is 268 g/mol. The molecule has 0 fully saturated rings. The van der Waals surface area contributed by atoms with Crippen LogP contribution in [0.15, 0.2) is 54.6 Å². The Labute approximate surface area is 123 Å². The molecule has 0 aliphatic heterocycles. The van der Waals surface area contributed by atoms with Gasteiger partial charge in [-0.25, -0.2) is 0 Å². The summed E-state index contributed by atoms with van der Waals surface area (Å²) in [6.45, 7) is 0.249. The van der Waals surface area contributed by atoms with Crippen LogP contribution in [0.25, 0.3) is 0 Å². The Bertz CT molecular complexity index is 602. The van der Waals surface area contributed by atoms with Gasteiger partial charge in [0.25, 0.3) is 0 Å². The lowest BCUT2D eigenvalue weighted by Gasteiger charge is -2.06. The van der Waals surface area contributed by atoms with E-state index >= 15 is 0 Å². The van der Waals surface area contributed by atoms with Crippen LogP contribution in [0.2, 0.25) is 0 Å².